The fourth-order valence-corrected chi connectivity index (χ4v) is 2.95. The molecule has 0 aliphatic heterocycles. The largest absolute Gasteiger partial charge is 0.359 e. The molecule has 4 rings (SSSR count). The maximum Gasteiger partial charge on any atom is 0.316 e. The highest BCUT2D eigenvalue weighted by molar-refractivity contribution is 5.59. The summed E-state index contributed by atoms with van der Waals surface area (Å²) in [5, 5.41) is 3.85. The molecule has 0 unspecified atom stereocenters. The minimum atomic E-state index is -0.599. The predicted molar refractivity (Wildman–Crippen MR) is 88.8 cm³/mol. The summed E-state index contributed by atoms with van der Waals surface area (Å²) in [5.41, 5.74) is -0.450. The van der Waals surface area contributed by atoms with Crippen LogP contribution in [-0.2, 0) is 6.54 Å². The molecule has 1 aromatic carbocycles. The van der Waals surface area contributed by atoms with Gasteiger partial charge < -0.3 is 13.7 Å². The average Bonchev–Trinajstić information content (AvgIpc) is 3.01. The maximum atomic E-state index is 13.8. The van der Waals surface area contributed by atoms with Crippen molar-refractivity contribution < 1.29 is 8.91 Å². The van der Waals surface area contributed by atoms with Crippen molar-refractivity contribution >= 4 is 0 Å². The van der Waals surface area contributed by atoms with Gasteiger partial charge in [0.15, 0.2) is 5.76 Å². The van der Waals surface area contributed by atoms with Crippen molar-refractivity contribution in [3.63, 3.8) is 0 Å². The van der Waals surface area contributed by atoms with E-state index in [0.29, 0.717) is 17.0 Å². The summed E-state index contributed by atoms with van der Waals surface area (Å²) in [7, 11) is 0. The van der Waals surface area contributed by atoms with E-state index in [-0.39, 0.29) is 12.6 Å². The van der Waals surface area contributed by atoms with Crippen LogP contribution >= 0.6 is 0 Å². The lowest BCUT2D eigenvalue weighted by molar-refractivity contribution is 0.302. The second-order valence-electron chi connectivity index (χ2n) is 6.19. The van der Waals surface area contributed by atoms with E-state index in [9.17, 15) is 14.0 Å². The molecule has 2 heterocycles. The summed E-state index contributed by atoms with van der Waals surface area (Å²) >= 11 is 0. The van der Waals surface area contributed by atoms with E-state index >= 15 is 0 Å². The first-order valence-corrected chi connectivity index (χ1v) is 8.15. The molecule has 1 aliphatic carbocycles. The van der Waals surface area contributed by atoms with Crippen LogP contribution < -0.4 is 11.1 Å². The zero-order valence-corrected chi connectivity index (χ0v) is 13.4. The summed E-state index contributed by atoms with van der Waals surface area (Å²) < 4.78 is 21.8. The third kappa shape index (κ3) is 2.82. The van der Waals surface area contributed by atoms with Crippen molar-refractivity contribution in [2.75, 3.05) is 0 Å². The van der Waals surface area contributed by atoms with Crippen LogP contribution in [0, 0.1) is 5.82 Å². The molecular formula is C18H16FN3O3. The normalized spacial score (nSPS) is 14.4. The number of rotatable bonds is 4. The van der Waals surface area contributed by atoms with Crippen LogP contribution in [0.4, 0.5) is 4.39 Å². The van der Waals surface area contributed by atoms with Gasteiger partial charge in [0, 0.05) is 30.1 Å². The smallest absolute Gasteiger partial charge is 0.316 e. The number of hydrogen-bond donors (Lipinski definition) is 0. The SMILES string of the molecule is O=c1c(=O)n(C2CCC2)ccn1Cc1cc(-c2ccccc2F)no1. The van der Waals surface area contributed by atoms with Crippen LogP contribution in [0.3, 0.4) is 0 Å². The third-order valence-electron chi connectivity index (χ3n) is 4.59. The Bertz CT molecular complexity index is 1030. The highest BCUT2D eigenvalue weighted by Crippen LogP contribution is 2.29. The molecule has 0 amide bonds. The highest BCUT2D eigenvalue weighted by atomic mass is 19.1. The van der Waals surface area contributed by atoms with Crippen LogP contribution in [-0.4, -0.2) is 14.3 Å². The molecule has 3 aromatic rings. The number of halogens is 1. The Morgan fingerprint density at radius 1 is 1.16 bits per heavy atom. The van der Waals surface area contributed by atoms with Crippen molar-refractivity contribution in [2.24, 2.45) is 0 Å². The summed E-state index contributed by atoms with van der Waals surface area (Å²) in [6.45, 7) is 0.0705. The van der Waals surface area contributed by atoms with Gasteiger partial charge in [0.25, 0.3) is 0 Å². The van der Waals surface area contributed by atoms with Gasteiger partial charge in [-0.25, -0.2) is 4.39 Å². The minimum absolute atomic E-state index is 0.0705. The van der Waals surface area contributed by atoms with Crippen LogP contribution in [0.2, 0.25) is 0 Å². The van der Waals surface area contributed by atoms with Crippen molar-refractivity contribution in [3.8, 4) is 11.3 Å². The average molecular weight is 341 g/mol. The zero-order valence-electron chi connectivity index (χ0n) is 13.4. The standard InChI is InChI=1S/C18H16FN3O3/c19-15-7-2-1-6-14(15)16-10-13(25-20-16)11-21-8-9-22(12-4-3-5-12)18(24)17(21)23/h1-2,6-10,12H,3-5,11H2. The van der Waals surface area contributed by atoms with Gasteiger partial charge in [-0.3, -0.25) is 9.59 Å². The van der Waals surface area contributed by atoms with E-state index in [2.05, 4.69) is 5.16 Å². The molecule has 0 N–H and O–H groups in total. The lowest BCUT2D eigenvalue weighted by Crippen LogP contribution is -2.43. The molecule has 1 fully saturated rings. The third-order valence-corrected chi connectivity index (χ3v) is 4.59. The Labute approximate surface area is 142 Å². The molecule has 1 aliphatic rings. The number of aromatic nitrogens is 3. The van der Waals surface area contributed by atoms with Crippen molar-refractivity contribution in [1.29, 1.82) is 0 Å². The van der Waals surface area contributed by atoms with Gasteiger partial charge in [0.1, 0.15) is 11.5 Å². The molecule has 25 heavy (non-hydrogen) atoms. The lowest BCUT2D eigenvalue weighted by Gasteiger charge is -2.27. The molecule has 0 bridgehead atoms. The van der Waals surface area contributed by atoms with E-state index in [1.807, 2.05) is 0 Å². The second kappa shape index (κ2) is 6.16. The molecular weight excluding hydrogens is 325 g/mol. The molecule has 0 radical (unpaired) electrons. The summed E-state index contributed by atoms with van der Waals surface area (Å²) in [5.74, 6) is -0.0243. The molecule has 0 atom stereocenters. The molecule has 0 saturated heterocycles. The van der Waals surface area contributed by atoms with Gasteiger partial charge in [0.2, 0.25) is 0 Å². The van der Waals surface area contributed by atoms with Crippen molar-refractivity contribution in [3.05, 3.63) is 75.0 Å². The Balaban J connectivity index is 1.61. The topological polar surface area (TPSA) is 70.0 Å². The molecule has 1 saturated carbocycles. The van der Waals surface area contributed by atoms with E-state index < -0.39 is 16.9 Å². The van der Waals surface area contributed by atoms with Crippen molar-refractivity contribution in [2.45, 2.75) is 31.8 Å². The first-order valence-electron chi connectivity index (χ1n) is 8.15. The zero-order chi connectivity index (χ0) is 17.4. The van der Waals surface area contributed by atoms with Gasteiger partial charge in [-0.1, -0.05) is 17.3 Å². The van der Waals surface area contributed by atoms with E-state index in [1.165, 1.54) is 15.2 Å². The fraction of sp³-hybridized carbons (Fsp3) is 0.278. The number of benzene rings is 1. The predicted octanol–water partition coefficient (Wildman–Crippen LogP) is 2.58. The number of hydrogen-bond acceptors (Lipinski definition) is 4. The Morgan fingerprint density at radius 3 is 2.68 bits per heavy atom. The minimum Gasteiger partial charge on any atom is -0.359 e. The second-order valence-corrected chi connectivity index (χ2v) is 6.19. The Hall–Kier alpha value is -2.96. The van der Waals surface area contributed by atoms with E-state index in [1.54, 1.807) is 36.7 Å². The first kappa shape index (κ1) is 15.6. The van der Waals surface area contributed by atoms with Crippen molar-refractivity contribution in [1.82, 2.24) is 14.3 Å². The monoisotopic (exact) mass is 341 g/mol. The van der Waals surface area contributed by atoms with Crippen LogP contribution in [0.15, 0.2) is 56.8 Å². The summed E-state index contributed by atoms with van der Waals surface area (Å²) in [4.78, 5) is 24.5. The molecule has 2 aromatic heterocycles. The van der Waals surface area contributed by atoms with E-state index in [0.717, 1.165) is 19.3 Å². The van der Waals surface area contributed by atoms with Gasteiger partial charge in [-0.05, 0) is 31.4 Å². The van der Waals surface area contributed by atoms with Gasteiger partial charge in [-0.15, -0.1) is 0 Å². The summed E-state index contributed by atoms with van der Waals surface area (Å²) in [6.07, 6.45) is 6.15. The highest BCUT2D eigenvalue weighted by Gasteiger charge is 2.21. The molecule has 0 spiro atoms. The van der Waals surface area contributed by atoms with E-state index in [4.69, 9.17) is 4.52 Å². The molecule has 7 heteroatoms. The van der Waals surface area contributed by atoms with Gasteiger partial charge >= 0.3 is 11.1 Å². The number of nitrogens with zero attached hydrogens (tertiary/aromatic N) is 3. The van der Waals surface area contributed by atoms with Crippen LogP contribution in [0.1, 0.15) is 31.1 Å². The fourth-order valence-electron chi connectivity index (χ4n) is 2.95. The van der Waals surface area contributed by atoms with Gasteiger partial charge in [0.05, 0.1) is 6.54 Å². The van der Waals surface area contributed by atoms with Crippen LogP contribution in [0.5, 0.6) is 0 Å². The first-order chi connectivity index (χ1) is 12.1. The lowest BCUT2D eigenvalue weighted by atomic mass is 9.93. The Kier molecular flexibility index (Phi) is 3.83. The summed E-state index contributed by atoms with van der Waals surface area (Å²) in [6, 6.07) is 7.95. The molecule has 128 valence electrons. The van der Waals surface area contributed by atoms with Crippen LogP contribution in [0.25, 0.3) is 11.3 Å². The van der Waals surface area contributed by atoms with Gasteiger partial charge in [-0.2, -0.15) is 0 Å². The Morgan fingerprint density at radius 2 is 1.96 bits per heavy atom. The quantitative estimate of drug-likeness (QED) is 0.684. The molecule has 6 nitrogen and oxygen atoms in total. The maximum absolute atomic E-state index is 13.8.